The van der Waals surface area contributed by atoms with E-state index in [1.54, 1.807) is 19.5 Å². The van der Waals surface area contributed by atoms with E-state index in [1.807, 2.05) is 67.6 Å². The van der Waals surface area contributed by atoms with Gasteiger partial charge in [-0.15, -0.1) is 0 Å². The highest BCUT2D eigenvalue weighted by molar-refractivity contribution is 6.07. The highest BCUT2D eigenvalue weighted by Crippen LogP contribution is 2.39. The fourth-order valence-electron chi connectivity index (χ4n) is 4.05. The minimum Gasteiger partial charge on any atom is -0.495 e. The zero-order chi connectivity index (χ0) is 21.4. The maximum absolute atomic E-state index is 13.6. The number of fused-ring (bicyclic) bond motifs is 3. The van der Waals surface area contributed by atoms with Gasteiger partial charge in [0.15, 0.2) is 0 Å². The number of hydrogen-bond donors (Lipinski definition) is 2. The van der Waals surface area contributed by atoms with E-state index in [0.717, 1.165) is 22.3 Å². The molecule has 5 rings (SSSR count). The van der Waals surface area contributed by atoms with Crippen LogP contribution in [0.1, 0.15) is 18.5 Å². The summed E-state index contributed by atoms with van der Waals surface area (Å²) in [6, 6.07) is 18.7. The minimum absolute atomic E-state index is 0.216. The van der Waals surface area contributed by atoms with Gasteiger partial charge in [-0.25, -0.2) is 4.98 Å². The topological polar surface area (TPSA) is 81.1 Å². The Bertz CT molecular complexity index is 1310. The van der Waals surface area contributed by atoms with Crippen LogP contribution in [-0.4, -0.2) is 27.6 Å². The molecule has 0 spiro atoms. The van der Waals surface area contributed by atoms with E-state index >= 15 is 0 Å². The first kappa shape index (κ1) is 18.9. The Labute approximate surface area is 179 Å². The van der Waals surface area contributed by atoms with Gasteiger partial charge in [0.25, 0.3) is 5.91 Å². The van der Waals surface area contributed by atoms with Gasteiger partial charge in [0, 0.05) is 18.1 Å². The number of aromatic nitrogens is 3. The first-order valence-corrected chi connectivity index (χ1v) is 9.96. The first-order valence-electron chi connectivity index (χ1n) is 9.96. The van der Waals surface area contributed by atoms with Gasteiger partial charge in [-0.2, -0.15) is 0 Å². The van der Waals surface area contributed by atoms with Crippen molar-refractivity contribution < 1.29 is 9.53 Å². The van der Waals surface area contributed by atoms with Gasteiger partial charge in [0.05, 0.1) is 35.4 Å². The van der Waals surface area contributed by atoms with Crippen molar-refractivity contribution in [1.29, 1.82) is 0 Å². The molecule has 2 aromatic heterocycles. The largest absolute Gasteiger partial charge is 0.495 e. The normalized spacial score (nSPS) is 15.4. The highest BCUT2D eigenvalue weighted by Gasteiger charge is 2.34. The summed E-state index contributed by atoms with van der Waals surface area (Å²) in [6.07, 6.45) is 3.51. The number of rotatable bonds is 4. The number of imidazole rings is 1. The van der Waals surface area contributed by atoms with E-state index in [-0.39, 0.29) is 11.9 Å². The Hall–Kier alpha value is -4.13. The molecule has 7 heteroatoms. The van der Waals surface area contributed by atoms with Crippen molar-refractivity contribution in [3.8, 4) is 5.75 Å². The van der Waals surface area contributed by atoms with Crippen molar-refractivity contribution in [3.63, 3.8) is 0 Å². The number of ether oxygens (including phenoxy) is 1. The van der Waals surface area contributed by atoms with Crippen molar-refractivity contribution in [2.75, 3.05) is 17.7 Å². The van der Waals surface area contributed by atoms with Crippen molar-refractivity contribution in [3.05, 3.63) is 89.9 Å². The van der Waals surface area contributed by atoms with E-state index in [9.17, 15) is 4.79 Å². The molecule has 4 aromatic rings. The summed E-state index contributed by atoms with van der Waals surface area (Å²) in [7, 11) is 1.58. The van der Waals surface area contributed by atoms with Gasteiger partial charge < -0.3 is 15.4 Å². The Kier molecular flexibility index (Phi) is 4.63. The number of hydrogen-bond acceptors (Lipinski definition) is 5. The molecule has 31 heavy (non-hydrogen) atoms. The number of para-hydroxylation sites is 4. The molecule has 1 amide bonds. The summed E-state index contributed by atoms with van der Waals surface area (Å²) in [4.78, 5) is 22.6. The van der Waals surface area contributed by atoms with E-state index in [0.29, 0.717) is 23.0 Å². The summed E-state index contributed by atoms with van der Waals surface area (Å²) in [6.45, 7) is 1.89. The molecule has 0 aliphatic carbocycles. The number of anilines is 2. The number of pyridine rings is 1. The summed E-state index contributed by atoms with van der Waals surface area (Å²) >= 11 is 0. The predicted molar refractivity (Wildman–Crippen MR) is 120 cm³/mol. The molecule has 1 aliphatic heterocycles. The molecule has 1 atom stereocenters. The third-order valence-corrected chi connectivity index (χ3v) is 5.43. The number of methoxy groups -OCH3 is 1. The van der Waals surface area contributed by atoms with E-state index in [2.05, 4.69) is 20.2 Å². The molecule has 2 N–H and O–H groups in total. The molecular weight excluding hydrogens is 390 g/mol. The molecule has 154 valence electrons. The lowest BCUT2D eigenvalue weighted by Gasteiger charge is -2.30. The molecule has 0 fully saturated rings. The van der Waals surface area contributed by atoms with Crippen LogP contribution in [0.5, 0.6) is 5.75 Å². The number of allylic oxidation sites excluding steroid dienone is 1. The molecule has 3 heterocycles. The molecule has 2 aromatic carbocycles. The first-order chi connectivity index (χ1) is 15.2. The van der Waals surface area contributed by atoms with Gasteiger partial charge in [-0.05, 0) is 42.8 Å². The van der Waals surface area contributed by atoms with Gasteiger partial charge in [0.1, 0.15) is 5.75 Å². The van der Waals surface area contributed by atoms with E-state index in [4.69, 9.17) is 9.72 Å². The second-order valence-electron chi connectivity index (χ2n) is 7.30. The Morgan fingerprint density at radius 3 is 2.71 bits per heavy atom. The number of nitrogens with one attached hydrogen (secondary N) is 2. The molecule has 0 saturated carbocycles. The second-order valence-corrected chi connectivity index (χ2v) is 7.30. The van der Waals surface area contributed by atoms with Crippen LogP contribution >= 0.6 is 0 Å². The number of carbonyl (C=O) groups excluding carboxylic acids is 1. The number of nitrogens with zero attached hydrogens (tertiary/aromatic N) is 3. The Balaban J connectivity index is 1.65. The van der Waals surface area contributed by atoms with Crippen LogP contribution in [0.2, 0.25) is 0 Å². The van der Waals surface area contributed by atoms with Gasteiger partial charge in [-0.1, -0.05) is 30.3 Å². The van der Waals surface area contributed by atoms with E-state index < -0.39 is 0 Å². The summed E-state index contributed by atoms with van der Waals surface area (Å²) < 4.78 is 7.45. The molecule has 7 nitrogen and oxygen atoms in total. The molecular formula is C24H21N5O2. The third kappa shape index (κ3) is 3.20. The van der Waals surface area contributed by atoms with Crippen LogP contribution in [-0.2, 0) is 4.79 Å². The maximum Gasteiger partial charge on any atom is 0.255 e. The lowest BCUT2D eigenvalue weighted by molar-refractivity contribution is -0.113. The van der Waals surface area contributed by atoms with Crippen LogP contribution in [0.3, 0.4) is 0 Å². The molecule has 1 aliphatic rings. The van der Waals surface area contributed by atoms with Crippen LogP contribution in [0.15, 0.2) is 84.3 Å². The van der Waals surface area contributed by atoms with Gasteiger partial charge >= 0.3 is 0 Å². The van der Waals surface area contributed by atoms with E-state index in [1.165, 1.54) is 0 Å². The number of amides is 1. The zero-order valence-corrected chi connectivity index (χ0v) is 17.2. The van der Waals surface area contributed by atoms with Crippen molar-refractivity contribution in [1.82, 2.24) is 14.5 Å². The molecule has 1 unspecified atom stereocenters. The molecule has 0 bridgehead atoms. The average Bonchev–Trinajstić information content (AvgIpc) is 3.16. The smallest absolute Gasteiger partial charge is 0.255 e. The van der Waals surface area contributed by atoms with Gasteiger partial charge in [0.2, 0.25) is 5.95 Å². The van der Waals surface area contributed by atoms with Crippen molar-refractivity contribution in [2.24, 2.45) is 0 Å². The lowest BCUT2D eigenvalue weighted by Crippen LogP contribution is -2.31. The summed E-state index contributed by atoms with van der Waals surface area (Å²) in [5, 5.41) is 6.33. The van der Waals surface area contributed by atoms with Crippen LogP contribution < -0.4 is 15.4 Å². The van der Waals surface area contributed by atoms with Crippen LogP contribution in [0.4, 0.5) is 11.6 Å². The van der Waals surface area contributed by atoms with Crippen LogP contribution in [0.25, 0.3) is 11.0 Å². The van der Waals surface area contributed by atoms with Crippen LogP contribution in [0, 0.1) is 0 Å². The monoisotopic (exact) mass is 411 g/mol. The Morgan fingerprint density at radius 2 is 1.90 bits per heavy atom. The fraction of sp³-hybridized carbons (Fsp3) is 0.125. The number of benzene rings is 2. The second kappa shape index (κ2) is 7.60. The van der Waals surface area contributed by atoms with Crippen molar-refractivity contribution in [2.45, 2.75) is 13.0 Å². The number of carbonyl (C=O) groups is 1. The molecule has 0 radical (unpaired) electrons. The SMILES string of the molecule is COc1ccccc1NC(=O)C1=C(C)Nc2nc3ccccc3n2C1c1cccnc1. The van der Waals surface area contributed by atoms with Gasteiger partial charge in [-0.3, -0.25) is 14.3 Å². The quantitative estimate of drug-likeness (QED) is 0.521. The maximum atomic E-state index is 13.6. The molecule has 0 saturated heterocycles. The summed E-state index contributed by atoms with van der Waals surface area (Å²) in [5.74, 6) is 1.08. The standard InChI is InChI=1S/C24H21N5O2/c1-15-21(23(30)27-18-10-4-6-12-20(18)31-2)22(16-8-7-13-25-14-16)29-19-11-5-3-9-17(19)28-24(29)26-15/h3-14,22H,1-2H3,(H,26,28)(H,27,30). The summed E-state index contributed by atoms with van der Waals surface area (Å²) in [5.41, 5.74) is 4.64. The lowest BCUT2D eigenvalue weighted by atomic mass is 9.95. The zero-order valence-electron chi connectivity index (χ0n) is 17.2. The highest BCUT2D eigenvalue weighted by atomic mass is 16.5. The Morgan fingerprint density at radius 1 is 1.10 bits per heavy atom. The van der Waals surface area contributed by atoms with Crippen molar-refractivity contribution >= 4 is 28.6 Å². The average molecular weight is 411 g/mol. The minimum atomic E-state index is -0.382. The third-order valence-electron chi connectivity index (χ3n) is 5.43. The predicted octanol–water partition coefficient (Wildman–Crippen LogP) is 4.37. The fourth-order valence-corrected chi connectivity index (χ4v) is 4.05.